The van der Waals surface area contributed by atoms with Crippen molar-refractivity contribution < 1.29 is 19.1 Å². The Labute approximate surface area is 247 Å². The number of likely N-dealkylation sites (tertiary alicyclic amines) is 1. The number of hydrogen-bond acceptors (Lipinski definition) is 7. The number of hydrogen-bond donors (Lipinski definition) is 0. The summed E-state index contributed by atoms with van der Waals surface area (Å²) in [5.74, 6) is 0.844. The summed E-state index contributed by atoms with van der Waals surface area (Å²) in [6.07, 6.45) is 6.19. The Balaban J connectivity index is 1.23. The van der Waals surface area contributed by atoms with E-state index in [9.17, 15) is 9.59 Å². The monoisotopic (exact) mass is 579 g/mol. The number of ether oxygens (including phenoxy) is 2. The van der Waals surface area contributed by atoms with Gasteiger partial charge < -0.3 is 24.2 Å². The fourth-order valence-electron chi connectivity index (χ4n) is 6.40. The molecular weight excluding hydrogens is 542 g/mol. The van der Waals surface area contributed by atoms with Crippen LogP contribution in [0, 0.1) is 17.2 Å². The van der Waals surface area contributed by atoms with E-state index in [-0.39, 0.29) is 42.1 Å². The van der Waals surface area contributed by atoms with Gasteiger partial charge in [0.15, 0.2) is 0 Å². The molecule has 218 valence electrons. The van der Waals surface area contributed by atoms with E-state index < -0.39 is 0 Å². The molecule has 0 spiro atoms. The summed E-state index contributed by atoms with van der Waals surface area (Å²) in [7, 11) is 3.51. The van der Waals surface area contributed by atoms with Crippen molar-refractivity contribution in [3.8, 4) is 6.07 Å². The molecule has 9 nitrogen and oxygen atoms in total. The highest BCUT2D eigenvalue weighted by atomic mass is 35.5. The van der Waals surface area contributed by atoms with Crippen LogP contribution in [-0.4, -0.2) is 85.4 Å². The number of pyridine rings is 1. The molecule has 0 N–H and O–H groups in total. The van der Waals surface area contributed by atoms with Crippen LogP contribution in [0.15, 0.2) is 42.6 Å². The molecule has 10 heteroatoms. The minimum Gasteiger partial charge on any atom is -0.446 e. The van der Waals surface area contributed by atoms with Crippen LogP contribution in [-0.2, 0) is 14.3 Å². The zero-order valence-electron chi connectivity index (χ0n) is 23.7. The van der Waals surface area contributed by atoms with Crippen LogP contribution in [0.2, 0.25) is 5.02 Å². The molecule has 2 aromatic rings. The number of carbonyl (C=O) groups excluding carboxylic acids is 2. The van der Waals surface area contributed by atoms with E-state index in [1.54, 1.807) is 31.3 Å². The number of likely N-dealkylation sites (N-methyl/N-ethyl adjacent to an activating group) is 1. The number of benzene rings is 1. The maximum Gasteiger partial charge on any atom is 0.410 e. The summed E-state index contributed by atoms with van der Waals surface area (Å²) in [4.78, 5) is 37.2. The summed E-state index contributed by atoms with van der Waals surface area (Å²) in [5.41, 5.74) is 1.58. The lowest BCUT2D eigenvalue weighted by Crippen LogP contribution is -2.45. The number of anilines is 1. The molecule has 1 aliphatic carbocycles. The first-order valence-electron chi connectivity index (χ1n) is 14.5. The predicted octanol–water partition coefficient (Wildman–Crippen LogP) is 4.84. The topological polar surface area (TPSA) is 99.0 Å². The Morgan fingerprint density at radius 3 is 2.29 bits per heavy atom. The van der Waals surface area contributed by atoms with Gasteiger partial charge >= 0.3 is 6.09 Å². The van der Waals surface area contributed by atoms with E-state index in [2.05, 4.69) is 16.0 Å². The Kier molecular flexibility index (Phi) is 9.31. The van der Waals surface area contributed by atoms with Crippen molar-refractivity contribution in [2.75, 3.05) is 45.2 Å². The van der Waals surface area contributed by atoms with Crippen molar-refractivity contribution in [2.45, 2.75) is 62.7 Å². The van der Waals surface area contributed by atoms with E-state index >= 15 is 0 Å². The van der Waals surface area contributed by atoms with Gasteiger partial charge in [-0.3, -0.25) is 4.79 Å². The van der Waals surface area contributed by atoms with Gasteiger partial charge in [0.25, 0.3) is 0 Å². The predicted molar refractivity (Wildman–Crippen MR) is 156 cm³/mol. The molecule has 2 saturated heterocycles. The molecule has 5 rings (SSSR count). The number of nitrogens with zero attached hydrogens (tertiary/aromatic N) is 5. The lowest BCUT2D eigenvalue weighted by molar-refractivity contribution is -0.135. The van der Waals surface area contributed by atoms with E-state index in [0.717, 1.165) is 63.0 Å². The Morgan fingerprint density at radius 1 is 1.00 bits per heavy atom. The summed E-state index contributed by atoms with van der Waals surface area (Å²) in [6, 6.07) is 13.2. The lowest BCUT2D eigenvalue weighted by Gasteiger charge is -2.34. The highest BCUT2D eigenvalue weighted by Crippen LogP contribution is 2.34. The molecule has 2 amide bonds. The van der Waals surface area contributed by atoms with Crippen molar-refractivity contribution >= 4 is 29.4 Å². The highest BCUT2D eigenvalue weighted by Gasteiger charge is 2.43. The average molecular weight is 580 g/mol. The van der Waals surface area contributed by atoms with Crippen LogP contribution < -0.4 is 4.90 Å². The fraction of sp³-hybridized carbons (Fsp3) is 0.548. The molecule has 2 aliphatic heterocycles. The van der Waals surface area contributed by atoms with E-state index in [1.165, 1.54) is 0 Å². The number of amides is 2. The van der Waals surface area contributed by atoms with E-state index in [0.29, 0.717) is 23.7 Å². The molecule has 2 atom stereocenters. The molecule has 1 saturated carbocycles. The number of carbonyl (C=O) groups is 2. The Morgan fingerprint density at radius 2 is 1.68 bits per heavy atom. The molecule has 1 aromatic carbocycles. The first-order chi connectivity index (χ1) is 19.9. The normalized spacial score (nSPS) is 25.0. The van der Waals surface area contributed by atoms with Gasteiger partial charge in [-0.25, -0.2) is 9.78 Å². The third-order valence-electron chi connectivity index (χ3n) is 8.95. The second-order valence-corrected chi connectivity index (χ2v) is 11.8. The maximum absolute atomic E-state index is 13.8. The van der Waals surface area contributed by atoms with Crippen molar-refractivity contribution in [3.05, 3.63) is 58.7 Å². The van der Waals surface area contributed by atoms with Crippen LogP contribution in [0.4, 0.5) is 10.6 Å². The van der Waals surface area contributed by atoms with Gasteiger partial charge in [0.2, 0.25) is 5.91 Å². The van der Waals surface area contributed by atoms with Crippen LogP contribution in [0.5, 0.6) is 0 Å². The number of methoxy groups -OCH3 is 1. The lowest BCUT2D eigenvalue weighted by atomic mass is 9.93. The number of rotatable bonds is 6. The van der Waals surface area contributed by atoms with Gasteiger partial charge in [-0.05, 0) is 68.4 Å². The van der Waals surface area contributed by atoms with Crippen molar-refractivity contribution in [1.29, 1.82) is 5.26 Å². The fourth-order valence-corrected chi connectivity index (χ4v) is 6.52. The molecule has 3 aliphatic rings. The maximum atomic E-state index is 13.8. The molecule has 0 radical (unpaired) electrons. The van der Waals surface area contributed by atoms with Gasteiger partial charge in [0, 0.05) is 63.4 Å². The SMILES string of the molecule is COC1CCC(OC(=O)N(C)[C@@H]2CN(C(=O)C3CCN(c4ccc(C#N)cn4)CC3)C[C@H]2c2ccc(Cl)cc2)CC1. The van der Waals surface area contributed by atoms with E-state index in [1.807, 2.05) is 35.2 Å². The number of piperidine rings is 1. The minimum atomic E-state index is -0.340. The summed E-state index contributed by atoms with van der Waals surface area (Å²) < 4.78 is 11.4. The number of halogens is 1. The average Bonchev–Trinajstić information content (AvgIpc) is 3.46. The second-order valence-electron chi connectivity index (χ2n) is 11.4. The molecule has 3 fully saturated rings. The molecule has 41 heavy (non-hydrogen) atoms. The van der Waals surface area contributed by atoms with Crippen LogP contribution in [0.1, 0.15) is 55.6 Å². The van der Waals surface area contributed by atoms with Crippen LogP contribution in [0.3, 0.4) is 0 Å². The quantitative estimate of drug-likeness (QED) is 0.483. The molecular formula is C31H38ClN5O4. The standard InChI is InChI=1S/C31H38ClN5O4/c1-35(31(39)41-26-10-8-25(40-2)9-11-26)28-20-37(19-27(28)22-4-6-24(32)7-5-22)30(38)23-13-15-36(16-14-23)29-12-3-21(17-33)18-34-29/h3-7,12,18,23,25-28H,8-11,13-16,19-20H2,1-2H3/t25?,26?,27-,28+/m0/s1. The molecule has 1 aromatic heterocycles. The Bertz CT molecular complexity index is 1230. The first-order valence-corrected chi connectivity index (χ1v) is 14.9. The first kappa shape index (κ1) is 29.2. The van der Waals surface area contributed by atoms with Gasteiger partial charge in [-0.1, -0.05) is 23.7 Å². The third-order valence-corrected chi connectivity index (χ3v) is 9.20. The zero-order chi connectivity index (χ0) is 28.9. The molecule has 0 unspecified atom stereocenters. The largest absolute Gasteiger partial charge is 0.446 e. The number of nitriles is 1. The number of aromatic nitrogens is 1. The second kappa shape index (κ2) is 13.1. The van der Waals surface area contributed by atoms with Crippen LogP contribution >= 0.6 is 11.6 Å². The molecule has 0 bridgehead atoms. The Hall–Kier alpha value is -3.35. The van der Waals surface area contributed by atoms with Crippen LogP contribution in [0.25, 0.3) is 0 Å². The summed E-state index contributed by atoms with van der Waals surface area (Å²) >= 11 is 6.17. The summed E-state index contributed by atoms with van der Waals surface area (Å²) in [6.45, 7) is 2.46. The van der Waals surface area contributed by atoms with Crippen molar-refractivity contribution in [3.63, 3.8) is 0 Å². The van der Waals surface area contributed by atoms with Gasteiger partial charge in [0.1, 0.15) is 18.0 Å². The molecule has 3 heterocycles. The smallest absolute Gasteiger partial charge is 0.410 e. The highest BCUT2D eigenvalue weighted by molar-refractivity contribution is 6.30. The van der Waals surface area contributed by atoms with Crippen molar-refractivity contribution in [1.82, 2.24) is 14.8 Å². The minimum absolute atomic E-state index is 0.0408. The van der Waals surface area contributed by atoms with E-state index in [4.69, 9.17) is 26.3 Å². The van der Waals surface area contributed by atoms with Gasteiger partial charge in [-0.2, -0.15) is 5.26 Å². The van der Waals surface area contributed by atoms with Crippen molar-refractivity contribution in [2.24, 2.45) is 5.92 Å². The van der Waals surface area contributed by atoms with Gasteiger partial charge in [0.05, 0.1) is 17.7 Å². The summed E-state index contributed by atoms with van der Waals surface area (Å²) in [5, 5.41) is 9.68. The van der Waals surface area contributed by atoms with Gasteiger partial charge in [-0.15, -0.1) is 0 Å². The third kappa shape index (κ3) is 6.77. The zero-order valence-corrected chi connectivity index (χ0v) is 24.5.